The van der Waals surface area contributed by atoms with Crippen molar-refractivity contribution in [1.82, 2.24) is 4.90 Å². The largest absolute Gasteiger partial charge is 0.506 e. The van der Waals surface area contributed by atoms with Crippen molar-refractivity contribution in [3.63, 3.8) is 0 Å². The smallest absolute Gasteiger partial charge is 0.328 e. The average molecular weight is 483 g/mol. The molecule has 4 rings (SSSR count). The molecule has 0 aliphatic carbocycles. The zero-order chi connectivity index (χ0) is 25.5. The van der Waals surface area contributed by atoms with Gasteiger partial charge in [-0.2, -0.15) is 0 Å². The highest BCUT2D eigenvalue weighted by Crippen LogP contribution is 2.33. The van der Waals surface area contributed by atoms with Crippen LogP contribution in [0.25, 0.3) is 5.76 Å². The normalized spacial score (nSPS) is 18.4. The second-order valence-electron chi connectivity index (χ2n) is 8.87. The van der Waals surface area contributed by atoms with E-state index in [9.17, 15) is 14.7 Å². The number of methoxy groups -OCH3 is 1. The van der Waals surface area contributed by atoms with Crippen molar-refractivity contribution in [3.8, 4) is 0 Å². The van der Waals surface area contributed by atoms with E-state index in [2.05, 4.69) is 4.99 Å². The van der Waals surface area contributed by atoms with Crippen molar-refractivity contribution >= 4 is 23.3 Å². The number of carbonyl (C=O) groups is 2. The van der Waals surface area contributed by atoms with E-state index in [1.807, 2.05) is 85.8 Å². The molecule has 36 heavy (non-hydrogen) atoms. The number of amides is 1. The number of carbonyl (C=O) groups excluding carboxylic acids is 2. The first-order valence-corrected chi connectivity index (χ1v) is 12.0. The third-order valence-corrected chi connectivity index (χ3v) is 6.62. The summed E-state index contributed by atoms with van der Waals surface area (Å²) in [6.45, 7) is 2.19. The number of likely N-dealkylation sites (tertiary alicyclic amines) is 1. The van der Waals surface area contributed by atoms with Crippen LogP contribution in [0.2, 0.25) is 0 Å². The molecule has 1 saturated heterocycles. The molecule has 6 heteroatoms. The molecule has 1 fully saturated rings. The van der Waals surface area contributed by atoms with Crippen LogP contribution < -0.4 is 0 Å². The number of rotatable bonds is 7. The molecule has 184 valence electrons. The quantitative estimate of drug-likeness (QED) is 0.284. The number of aliphatic hydroxyl groups is 1. The highest BCUT2D eigenvalue weighted by Gasteiger charge is 2.43. The second-order valence-corrected chi connectivity index (χ2v) is 8.87. The highest BCUT2D eigenvalue weighted by molar-refractivity contribution is 5.94. The Balaban J connectivity index is 1.63. The first kappa shape index (κ1) is 24.9. The van der Waals surface area contributed by atoms with Gasteiger partial charge in [0.05, 0.1) is 19.2 Å². The van der Waals surface area contributed by atoms with E-state index in [1.54, 1.807) is 17.0 Å². The van der Waals surface area contributed by atoms with Crippen molar-refractivity contribution in [3.05, 3.63) is 114 Å². The van der Waals surface area contributed by atoms with Crippen LogP contribution >= 0.6 is 0 Å². The van der Waals surface area contributed by atoms with Gasteiger partial charge in [0, 0.05) is 23.7 Å². The summed E-state index contributed by atoms with van der Waals surface area (Å²) in [7, 11) is 1.34. The Kier molecular flexibility index (Phi) is 7.95. The van der Waals surface area contributed by atoms with E-state index in [-0.39, 0.29) is 17.6 Å². The van der Waals surface area contributed by atoms with Gasteiger partial charge in [-0.05, 0) is 24.5 Å². The van der Waals surface area contributed by atoms with E-state index < -0.39 is 17.9 Å². The molecule has 3 aromatic carbocycles. The molecule has 0 aromatic heterocycles. The molecule has 1 N–H and O–H groups in total. The van der Waals surface area contributed by atoms with Gasteiger partial charge in [-0.1, -0.05) is 91.0 Å². The van der Waals surface area contributed by atoms with Crippen LogP contribution in [0, 0.1) is 5.92 Å². The highest BCUT2D eigenvalue weighted by atomic mass is 16.5. The molecule has 1 aliphatic rings. The van der Waals surface area contributed by atoms with Crippen LogP contribution in [-0.2, 0) is 14.3 Å². The van der Waals surface area contributed by atoms with E-state index in [0.717, 1.165) is 16.8 Å². The molecule has 1 heterocycles. The summed E-state index contributed by atoms with van der Waals surface area (Å²) in [5.41, 5.74) is 3.12. The summed E-state index contributed by atoms with van der Waals surface area (Å²) in [6.07, 6.45) is 1.82. The van der Waals surface area contributed by atoms with E-state index in [1.165, 1.54) is 13.3 Å². The molecular formula is C30H30N2O4. The molecule has 1 amide bonds. The van der Waals surface area contributed by atoms with E-state index in [0.29, 0.717) is 18.5 Å². The van der Waals surface area contributed by atoms with Crippen molar-refractivity contribution in [2.45, 2.75) is 25.3 Å². The van der Waals surface area contributed by atoms with Crippen LogP contribution in [0.5, 0.6) is 0 Å². The minimum atomic E-state index is -0.709. The molecule has 0 bridgehead atoms. The van der Waals surface area contributed by atoms with E-state index >= 15 is 0 Å². The standard InChI is InChI=1S/C30H30N2O4/c1-21(31-19-27(33)22-12-6-3-7-13-22)25-18-26(30(35)36-2)32(20-25)29(34)28(23-14-8-4-9-15-23)24-16-10-5-11-17-24/h3-17,19,25-26,28,33H,18,20H2,1-2H3/b27-19-,31-21?/t25-,26-/m0/s1. The predicted octanol–water partition coefficient (Wildman–Crippen LogP) is 5.23. The van der Waals surface area contributed by atoms with Crippen LogP contribution in [0.4, 0.5) is 0 Å². The maximum Gasteiger partial charge on any atom is 0.328 e. The molecule has 6 nitrogen and oxygen atoms in total. The lowest BCUT2D eigenvalue weighted by atomic mass is 9.90. The van der Waals surface area contributed by atoms with Gasteiger partial charge in [0.25, 0.3) is 0 Å². The molecule has 0 spiro atoms. The third kappa shape index (κ3) is 5.54. The summed E-state index contributed by atoms with van der Waals surface area (Å²) >= 11 is 0. The monoisotopic (exact) mass is 482 g/mol. The molecule has 0 unspecified atom stereocenters. The Hall–Kier alpha value is -4.19. The SMILES string of the molecule is COC(=O)[C@@H]1C[C@H](C(C)=N/C=C(\O)c2ccccc2)CN1C(=O)C(c1ccccc1)c1ccccc1. The van der Waals surface area contributed by atoms with Crippen molar-refractivity contribution in [2.75, 3.05) is 13.7 Å². The lowest BCUT2D eigenvalue weighted by Crippen LogP contribution is -2.43. The zero-order valence-electron chi connectivity index (χ0n) is 20.5. The maximum absolute atomic E-state index is 14.0. The zero-order valence-corrected chi connectivity index (χ0v) is 20.5. The number of nitrogens with zero attached hydrogens (tertiary/aromatic N) is 2. The predicted molar refractivity (Wildman–Crippen MR) is 141 cm³/mol. The number of hydrogen-bond donors (Lipinski definition) is 1. The second kappa shape index (κ2) is 11.5. The Morgan fingerprint density at radius 3 is 2.00 bits per heavy atom. The van der Waals surface area contributed by atoms with Crippen LogP contribution in [0.15, 0.2) is 102 Å². The van der Waals surface area contributed by atoms with Crippen molar-refractivity contribution < 1.29 is 19.4 Å². The fraction of sp³-hybridized carbons (Fsp3) is 0.233. The first-order valence-electron chi connectivity index (χ1n) is 12.0. The van der Waals surface area contributed by atoms with Gasteiger partial charge in [-0.15, -0.1) is 0 Å². The Labute approximate surface area is 211 Å². The molecule has 3 aromatic rings. The van der Waals surface area contributed by atoms with Gasteiger partial charge < -0.3 is 14.7 Å². The van der Waals surface area contributed by atoms with Gasteiger partial charge in [-0.3, -0.25) is 9.79 Å². The van der Waals surface area contributed by atoms with Gasteiger partial charge in [0.15, 0.2) is 0 Å². The van der Waals surface area contributed by atoms with E-state index in [4.69, 9.17) is 4.74 Å². The maximum atomic E-state index is 14.0. The fourth-order valence-electron chi connectivity index (χ4n) is 4.63. The van der Waals surface area contributed by atoms with Gasteiger partial charge in [0.2, 0.25) is 5.91 Å². The number of benzene rings is 3. The minimum absolute atomic E-state index is 0.0543. The lowest BCUT2D eigenvalue weighted by Gasteiger charge is -2.28. The minimum Gasteiger partial charge on any atom is -0.506 e. The molecule has 0 radical (unpaired) electrons. The lowest BCUT2D eigenvalue weighted by molar-refractivity contribution is -0.151. The molecular weight excluding hydrogens is 452 g/mol. The molecule has 2 atom stereocenters. The van der Waals surface area contributed by atoms with Crippen molar-refractivity contribution in [1.29, 1.82) is 0 Å². The summed E-state index contributed by atoms with van der Waals surface area (Å²) < 4.78 is 5.07. The van der Waals surface area contributed by atoms with Crippen LogP contribution in [0.1, 0.15) is 36.0 Å². The fourth-order valence-corrected chi connectivity index (χ4v) is 4.63. The number of ether oxygens (including phenoxy) is 1. The first-order chi connectivity index (χ1) is 17.5. The van der Waals surface area contributed by atoms with Crippen molar-refractivity contribution in [2.24, 2.45) is 10.9 Å². The number of hydrogen-bond acceptors (Lipinski definition) is 5. The summed E-state index contributed by atoms with van der Waals surface area (Å²) in [5, 5.41) is 10.4. The topological polar surface area (TPSA) is 79.2 Å². The van der Waals surface area contributed by atoms with Crippen LogP contribution in [0.3, 0.4) is 0 Å². The summed E-state index contributed by atoms with van der Waals surface area (Å²) in [6, 6.07) is 27.6. The summed E-state index contributed by atoms with van der Waals surface area (Å²) in [4.78, 5) is 32.9. The number of esters is 1. The molecule has 1 aliphatic heterocycles. The summed E-state index contributed by atoms with van der Waals surface area (Å²) in [5.74, 6) is -1.23. The Bertz CT molecular complexity index is 1200. The number of aliphatic hydroxyl groups excluding tert-OH is 1. The molecule has 0 saturated carbocycles. The van der Waals surface area contributed by atoms with Gasteiger partial charge >= 0.3 is 5.97 Å². The third-order valence-electron chi connectivity index (χ3n) is 6.62. The van der Waals surface area contributed by atoms with Gasteiger partial charge in [0.1, 0.15) is 11.8 Å². The Morgan fingerprint density at radius 1 is 0.944 bits per heavy atom. The van der Waals surface area contributed by atoms with Crippen LogP contribution in [-0.4, -0.2) is 47.3 Å². The van der Waals surface area contributed by atoms with Gasteiger partial charge in [-0.25, -0.2) is 4.79 Å². The Morgan fingerprint density at radius 2 is 1.47 bits per heavy atom. The number of aliphatic imine (C=N–C) groups is 1. The average Bonchev–Trinajstić information content (AvgIpc) is 3.39.